The fraction of sp³-hybridized carbons (Fsp3) is 0.571. The van der Waals surface area contributed by atoms with Crippen LogP contribution in [0.5, 0.6) is 0 Å². The molecule has 27 heavy (non-hydrogen) atoms. The Morgan fingerprint density at radius 3 is 2.37 bits per heavy atom. The van der Waals surface area contributed by atoms with Gasteiger partial charge in [-0.3, -0.25) is 14.5 Å². The summed E-state index contributed by atoms with van der Waals surface area (Å²) in [6.45, 7) is 0.458. The Kier molecular flexibility index (Phi) is 6.14. The smallest absolute Gasteiger partial charge is 0.326 e. The number of rotatable bonds is 6. The second-order valence-electron chi connectivity index (χ2n) is 7.71. The maximum absolute atomic E-state index is 12.5. The summed E-state index contributed by atoms with van der Waals surface area (Å²) in [7, 11) is 3.50. The van der Waals surface area contributed by atoms with E-state index in [1.54, 1.807) is 7.05 Å². The highest BCUT2D eigenvalue weighted by Crippen LogP contribution is 2.34. The van der Waals surface area contributed by atoms with Gasteiger partial charge in [0.05, 0.1) is 0 Å². The van der Waals surface area contributed by atoms with E-state index in [0.717, 1.165) is 25.7 Å². The van der Waals surface area contributed by atoms with Crippen LogP contribution in [0, 0.1) is 0 Å². The molecular weight excluding hydrogens is 342 g/mol. The Morgan fingerprint density at radius 1 is 1.11 bits per heavy atom. The van der Waals surface area contributed by atoms with E-state index < -0.39 is 0 Å². The van der Waals surface area contributed by atoms with Gasteiger partial charge in [0.2, 0.25) is 11.8 Å². The molecule has 1 saturated heterocycles. The quantitative estimate of drug-likeness (QED) is 0.723. The van der Waals surface area contributed by atoms with E-state index in [1.165, 1.54) is 15.4 Å². The summed E-state index contributed by atoms with van der Waals surface area (Å²) in [4.78, 5) is 40.7. The highest BCUT2D eigenvalue weighted by molar-refractivity contribution is 6.01. The number of urea groups is 1. The molecule has 2 fully saturated rings. The normalized spacial score (nSPS) is 23.0. The van der Waals surface area contributed by atoms with Crippen molar-refractivity contribution in [1.82, 2.24) is 14.7 Å². The van der Waals surface area contributed by atoms with Crippen molar-refractivity contribution in [2.45, 2.75) is 50.5 Å². The molecule has 0 radical (unpaired) electrons. The SMILES string of the molecule is CN1CC(=O)N(CCCC(=O)N(C)C2CCC(c3ccccc3)CC2)C1=O. The summed E-state index contributed by atoms with van der Waals surface area (Å²) >= 11 is 0. The Bertz CT molecular complexity index is 683. The molecule has 0 bridgehead atoms. The van der Waals surface area contributed by atoms with Gasteiger partial charge in [-0.15, -0.1) is 0 Å². The Labute approximate surface area is 161 Å². The summed E-state index contributed by atoms with van der Waals surface area (Å²) < 4.78 is 0. The predicted molar refractivity (Wildman–Crippen MR) is 103 cm³/mol. The largest absolute Gasteiger partial charge is 0.343 e. The van der Waals surface area contributed by atoms with Crippen LogP contribution in [0.2, 0.25) is 0 Å². The van der Waals surface area contributed by atoms with E-state index in [9.17, 15) is 14.4 Å². The Hall–Kier alpha value is -2.37. The molecule has 146 valence electrons. The zero-order valence-corrected chi connectivity index (χ0v) is 16.3. The van der Waals surface area contributed by atoms with E-state index in [0.29, 0.717) is 31.3 Å². The molecule has 1 aliphatic heterocycles. The summed E-state index contributed by atoms with van der Waals surface area (Å²) in [5, 5.41) is 0. The minimum absolute atomic E-state index is 0.102. The van der Waals surface area contributed by atoms with Crippen LogP contribution in [-0.4, -0.2) is 65.8 Å². The molecule has 1 aromatic rings. The zero-order valence-electron chi connectivity index (χ0n) is 16.3. The molecule has 1 aromatic carbocycles. The molecular formula is C21H29N3O3. The maximum atomic E-state index is 12.5. The fourth-order valence-corrected chi connectivity index (χ4v) is 4.18. The van der Waals surface area contributed by atoms with Crippen molar-refractivity contribution in [1.29, 1.82) is 0 Å². The Morgan fingerprint density at radius 2 is 1.78 bits per heavy atom. The van der Waals surface area contributed by atoms with Crippen molar-refractivity contribution < 1.29 is 14.4 Å². The lowest BCUT2D eigenvalue weighted by Crippen LogP contribution is -2.39. The molecule has 0 spiro atoms. The average molecular weight is 371 g/mol. The van der Waals surface area contributed by atoms with Crippen molar-refractivity contribution in [3.05, 3.63) is 35.9 Å². The minimum Gasteiger partial charge on any atom is -0.343 e. The van der Waals surface area contributed by atoms with Gasteiger partial charge in [-0.05, 0) is 43.6 Å². The maximum Gasteiger partial charge on any atom is 0.326 e. The van der Waals surface area contributed by atoms with Gasteiger partial charge in [-0.2, -0.15) is 0 Å². The van der Waals surface area contributed by atoms with Gasteiger partial charge in [0.1, 0.15) is 6.54 Å². The monoisotopic (exact) mass is 371 g/mol. The number of benzene rings is 1. The highest BCUT2D eigenvalue weighted by Gasteiger charge is 2.33. The second kappa shape index (κ2) is 8.55. The van der Waals surface area contributed by atoms with Gasteiger partial charge in [0, 0.05) is 33.1 Å². The van der Waals surface area contributed by atoms with Crippen LogP contribution in [0.3, 0.4) is 0 Å². The first-order valence-corrected chi connectivity index (χ1v) is 9.83. The van der Waals surface area contributed by atoms with Gasteiger partial charge in [-0.25, -0.2) is 4.79 Å². The molecule has 2 aliphatic rings. The van der Waals surface area contributed by atoms with Crippen molar-refractivity contribution in [2.24, 2.45) is 0 Å². The molecule has 0 N–H and O–H groups in total. The van der Waals surface area contributed by atoms with Crippen LogP contribution in [-0.2, 0) is 9.59 Å². The van der Waals surface area contributed by atoms with E-state index >= 15 is 0 Å². The highest BCUT2D eigenvalue weighted by atomic mass is 16.2. The van der Waals surface area contributed by atoms with Crippen LogP contribution in [0.15, 0.2) is 30.3 Å². The Balaban J connectivity index is 1.42. The number of nitrogens with zero attached hydrogens (tertiary/aromatic N) is 3. The lowest BCUT2D eigenvalue weighted by molar-refractivity contribution is -0.133. The fourth-order valence-electron chi connectivity index (χ4n) is 4.18. The average Bonchev–Trinajstić information content (AvgIpc) is 2.94. The van der Waals surface area contributed by atoms with E-state index in [2.05, 4.69) is 24.3 Å². The van der Waals surface area contributed by atoms with Crippen molar-refractivity contribution in [3.63, 3.8) is 0 Å². The molecule has 6 nitrogen and oxygen atoms in total. The zero-order chi connectivity index (χ0) is 19.4. The van der Waals surface area contributed by atoms with Crippen LogP contribution in [0.25, 0.3) is 0 Å². The standard InChI is InChI=1S/C21H29N3O3/c1-22-15-20(26)24(21(22)27)14-6-9-19(25)23(2)18-12-10-17(11-13-18)16-7-4-3-5-8-16/h3-5,7-8,17-18H,6,9-15H2,1-2H3. The molecule has 0 atom stereocenters. The first-order valence-electron chi connectivity index (χ1n) is 9.83. The molecule has 1 heterocycles. The summed E-state index contributed by atoms with van der Waals surface area (Å²) in [5.74, 6) is 0.517. The second-order valence-corrected chi connectivity index (χ2v) is 7.71. The van der Waals surface area contributed by atoms with E-state index in [4.69, 9.17) is 0 Å². The van der Waals surface area contributed by atoms with Gasteiger partial charge >= 0.3 is 6.03 Å². The lowest BCUT2D eigenvalue weighted by atomic mass is 9.81. The van der Waals surface area contributed by atoms with Crippen LogP contribution < -0.4 is 0 Å². The lowest BCUT2D eigenvalue weighted by Gasteiger charge is -2.35. The molecule has 4 amide bonds. The summed E-state index contributed by atoms with van der Waals surface area (Å²) in [6, 6.07) is 10.6. The number of carbonyl (C=O) groups excluding carboxylic acids is 3. The number of hydrogen-bond acceptors (Lipinski definition) is 3. The number of amides is 4. The third kappa shape index (κ3) is 4.49. The predicted octanol–water partition coefficient (Wildman–Crippen LogP) is 2.85. The van der Waals surface area contributed by atoms with Gasteiger partial charge in [-0.1, -0.05) is 30.3 Å². The third-order valence-electron chi connectivity index (χ3n) is 5.91. The summed E-state index contributed by atoms with van der Waals surface area (Å²) in [6.07, 6.45) is 5.15. The van der Waals surface area contributed by atoms with E-state index in [-0.39, 0.29) is 24.4 Å². The van der Waals surface area contributed by atoms with E-state index in [1.807, 2.05) is 18.0 Å². The number of carbonyl (C=O) groups is 3. The van der Waals surface area contributed by atoms with Crippen LogP contribution in [0.4, 0.5) is 4.79 Å². The van der Waals surface area contributed by atoms with Gasteiger partial charge < -0.3 is 9.80 Å². The molecule has 1 saturated carbocycles. The number of imide groups is 1. The van der Waals surface area contributed by atoms with Crippen molar-refractivity contribution >= 4 is 17.8 Å². The molecule has 3 rings (SSSR count). The molecule has 6 heteroatoms. The molecule has 1 aliphatic carbocycles. The van der Waals surface area contributed by atoms with Gasteiger partial charge in [0.15, 0.2) is 0 Å². The van der Waals surface area contributed by atoms with Crippen LogP contribution in [0.1, 0.15) is 50.0 Å². The van der Waals surface area contributed by atoms with Crippen molar-refractivity contribution in [2.75, 3.05) is 27.2 Å². The topological polar surface area (TPSA) is 60.9 Å². The molecule has 0 unspecified atom stereocenters. The first kappa shape index (κ1) is 19.4. The first-order chi connectivity index (χ1) is 13.0. The molecule has 0 aromatic heterocycles. The van der Waals surface area contributed by atoms with Crippen molar-refractivity contribution in [3.8, 4) is 0 Å². The van der Waals surface area contributed by atoms with Gasteiger partial charge in [0.25, 0.3) is 0 Å². The number of likely N-dealkylation sites (N-methyl/N-ethyl adjacent to an activating group) is 1. The third-order valence-corrected chi connectivity index (χ3v) is 5.91. The minimum atomic E-state index is -0.264. The summed E-state index contributed by atoms with van der Waals surface area (Å²) in [5.41, 5.74) is 1.40. The van der Waals surface area contributed by atoms with Crippen LogP contribution >= 0.6 is 0 Å². The number of hydrogen-bond donors (Lipinski definition) is 0.